The largest absolute Gasteiger partial charge is 0.493 e. The molecule has 0 saturated carbocycles. The minimum absolute atomic E-state index is 0.0162. The minimum Gasteiger partial charge on any atom is -0.493 e. The summed E-state index contributed by atoms with van der Waals surface area (Å²) in [5.41, 5.74) is 1.42. The van der Waals surface area contributed by atoms with Crippen molar-refractivity contribution in [1.29, 1.82) is 5.26 Å². The maximum Gasteiger partial charge on any atom is 0.280 e. The summed E-state index contributed by atoms with van der Waals surface area (Å²) in [5.74, 6) is -0.358. The first kappa shape index (κ1) is 24.3. The van der Waals surface area contributed by atoms with E-state index in [0.717, 1.165) is 17.2 Å². The van der Waals surface area contributed by atoms with Gasteiger partial charge in [0.05, 0.1) is 23.7 Å². The van der Waals surface area contributed by atoms with Crippen LogP contribution in [-0.4, -0.2) is 17.9 Å². The number of hydrogen-bond donors (Lipinski definition) is 1. The maximum absolute atomic E-state index is 12.6. The molecule has 1 amide bonds. The van der Waals surface area contributed by atoms with Gasteiger partial charge in [0.1, 0.15) is 18.2 Å². The van der Waals surface area contributed by atoms with Crippen LogP contribution in [0.4, 0.5) is 11.4 Å². The molecule has 0 radical (unpaired) electrons. The van der Waals surface area contributed by atoms with Crippen LogP contribution in [0.5, 0.6) is 11.5 Å². The predicted octanol–water partition coefficient (Wildman–Crippen LogP) is 5.69. The van der Waals surface area contributed by atoms with Gasteiger partial charge in [-0.2, -0.15) is 5.26 Å². The summed E-state index contributed by atoms with van der Waals surface area (Å²) in [6.07, 6.45) is 1.13. The van der Waals surface area contributed by atoms with Gasteiger partial charge in [-0.3, -0.25) is 14.9 Å². The first-order chi connectivity index (χ1) is 16.3. The first-order valence-corrected chi connectivity index (χ1v) is 10.4. The third-order valence-corrected chi connectivity index (χ3v) is 5.25. The van der Waals surface area contributed by atoms with Gasteiger partial charge >= 0.3 is 0 Å². The number of nitrogens with one attached hydrogen (secondary N) is 1. The molecule has 3 aromatic rings. The Hall–Kier alpha value is -4.35. The summed E-state index contributed by atoms with van der Waals surface area (Å²) < 4.78 is 11.1. The van der Waals surface area contributed by atoms with Gasteiger partial charge in [0.15, 0.2) is 11.5 Å². The molecular formula is C25H20ClN3O5. The highest BCUT2D eigenvalue weighted by molar-refractivity contribution is 6.31. The Bertz CT molecular complexity index is 1300. The number of carbonyl (C=O) groups is 1. The fraction of sp³-hybridized carbons (Fsp3) is 0.120. The van der Waals surface area contributed by atoms with Crippen LogP contribution in [-0.2, 0) is 11.4 Å². The molecule has 0 spiro atoms. The lowest BCUT2D eigenvalue weighted by Gasteiger charge is -2.12. The highest BCUT2D eigenvalue weighted by Crippen LogP contribution is 2.36. The van der Waals surface area contributed by atoms with Crippen molar-refractivity contribution in [2.75, 3.05) is 12.4 Å². The first-order valence-electron chi connectivity index (χ1n) is 10.0. The molecule has 34 heavy (non-hydrogen) atoms. The summed E-state index contributed by atoms with van der Waals surface area (Å²) in [5, 5.41) is 24.3. The normalized spacial score (nSPS) is 10.8. The number of nitriles is 1. The van der Waals surface area contributed by atoms with Crippen molar-refractivity contribution in [1.82, 2.24) is 0 Å². The van der Waals surface area contributed by atoms with Crippen LogP contribution in [0.1, 0.15) is 16.7 Å². The highest BCUT2D eigenvalue weighted by Gasteiger charge is 2.21. The molecule has 1 N–H and O–H groups in total. The summed E-state index contributed by atoms with van der Waals surface area (Å²) >= 11 is 6.08. The topological polar surface area (TPSA) is 114 Å². The van der Waals surface area contributed by atoms with E-state index in [1.165, 1.54) is 19.2 Å². The zero-order valence-corrected chi connectivity index (χ0v) is 19.1. The van der Waals surface area contributed by atoms with Crippen molar-refractivity contribution < 1.29 is 19.2 Å². The summed E-state index contributed by atoms with van der Waals surface area (Å²) in [4.78, 5) is 23.7. The summed E-state index contributed by atoms with van der Waals surface area (Å²) in [6, 6.07) is 18.5. The molecule has 0 aromatic heterocycles. The molecule has 172 valence electrons. The van der Waals surface area contributed by atoms with E-state index in [2.05, 4.69) is 5.32 Å². The maximum atomic E-state index is 12.6. The number of carbonyl (C=O) groups excluding carboxylic acids is 1. The van der Waals surface area contributed by atoms with E-state index >= 15 is 0 Å². The molecule has 0 aliphatic rings. The number of ether oxygens (including phenoxy) is 2. The lowest BCUT2D eigenvalue weighted by Crippen LogP contribution is -2.13. The molecule has 9 heteroatoms. The molecule has 0 unspecified atom stereocenters. The average Bonchev–Trinajstić information content (AvgIpc) is 2.83. The van der Waals surface area contributed by atoms with Gasteiger partial charge < -0.3 is 14.8 Å². The second kappa shape index (κ2) is 11.0. The van der Waals surface area contributed by atoms with E-state index in [-0.39, 0.29) is 34.9 Å². The van der Waals surface area contributed by atoms with Gasteiger partial charge in [-0.15, -0.1) is 0 Å². The van der Waals surface area contributed by atoms with Crippen LogP contribution in [0.3, 0.4) is 0 Å². The van der Waals surface area contributed by atoms with Crippen LogP contribution < -0.4 is 14.8 Å². The number of methoxy groups -OCH3 is 1. The number of nitro groups is 1. The molecule has 0 aliphatic heterocycles. The zero-order chi connectivity index (χ0) is 24.7. The molecule has 0 aliphatic carbocycles. The second-order valence-corrected chi connectivity index (χ2v) is 7.59. The number of nitro benzene ring substituents is 1. The van der Waals surface area contributed by atoms with E-state index in [0.29, 0.717) is 10.7 Å². The van der Waals surface area contributed by atoms with Crippen LogP contribution in [0.15, 0.2) is 66.2 Å². The van der Waals surface area contributed by atoms with E-state index in [1.54, 1.807) is 24.3 Å². The predicted molar refractivity (Wildman–Crippen MR) is 129 cm³/mol. The zero-order valence-electron chi connectivity index (χ0n) is 18.4. The van der Waals surface area contributed by atoms with Crippen molar-refractivity contribution in [3.63, 3.8) is 0 Å². The Balaban J connectivity index is 1.92. The van der Waals surface area contributed by atoms with Gasteiger partial charge in [0.2, 0.25) is 0 Å². The van der Waals surface area contributed by atoms with E-state index < -0.39 is 10.8 Å². The standard InChI is InChI=1S/C25H20ClN3O5/c1-16-8-9-20(12-21(16)26)28-25(30)19(14-27)10-18-11-23(33-2)24(13-22(18)29(31)32)34-15-17-6-4-3-5-7-17/h3-13H,15H2,1-2H3,(H,28,30)/b19-10+. The Morgan fingerprint density at radius 1 is 1.18 bits per heavy atom. The van der Waals surface area contributed by atoms with Gasteiger partial charge in [0, 0.05) is 10.7 Å². The van der Waals surface area contributed by atoms with Crippen molar-refractivity contribution in [2.24, 2.45) is 0 Å². The van der Waals surface area contributed by atoms with Gasteiger partial charge in [0.25, 0.3) is 11.6 Å². The fourth-order valence-electron chi connectivity index (χ4n) is 3.02. The third kappa shape index (κ3) is 5.91. The van der Waals surface area contributed by atoms with Crippen molar-refractivity contribution in [2.45, 2.75) is 13.5 Å². The minimum atomic E-state index is -0.736. The molecule has 0 fully saturated rings. The van der Waals surface area contributed by atoms with E-state index in [9.17, 15) is 20.2 Å². The fourth-order valence-corrected chi connectivity index (χ4v) is 3.20. The third-order valence-electron chi connectivity index (χ3n) is 4.84. The van der Waals surface area contributed by atoms with Gasteiger partial charge in [-0.05, 0) is 42.3 Å². The number of halogens is 1. The monoisotopic (exact) mass is 477 g/mol. The molecule has 3 rings (SSSR count). The van der Waals surface area contributed by atoms with Crippen LogP contribution in [0.25, 0.3) is 6.08 Å². The Kier molecular flexibility index (Phi) is 7.85. The SMILES string of the molecule is COc1cc(/C=C(\C#N)C(=O)Nc2ccc(C)c(Cl)c2)c([N+](=O)[O-])cc1OCc1ccccc1. The molecule has 3 aromatic carbocycles. The van der Waals surface area contributed by atoms with Crippen LogP contribution in [0.2, 0.25) is 5.02 Å². The molecular weight excluding hydrogens is 458 g/mol. The number of nitrogens with zero attached hydrogens (tertiary/aromatic N) is 2. The van der Waals surface area contributed by atoms with Gasteiger partial charge in [-0.1, -0.05) is 48.0 Å². The smallest absolute Gasteiger partial charge is 0.280 e. The lowest BCUT2D eigenvalue weighted by molar-refractivity contribution is -0.385. The number of aryl methyl sites for hydroxylation is 1. The molecule has 0 heterocycles. The molecule has 8 nitrogen and oxygen atoms in total. The number of amides is 1. The Morgan fingerprint density at radius 2 is 1.91 bits per heavy atom. The molecule has 0 bridgehead atoms. The Labute approximate surface area is 201 Å². The molecule has 0 atom stereocenters. The van der Waals surface area contributed by atoms with E-state index in [4.69, 9.17) is 21.1 Å². The highest BCUT2D eigenvalue weighted by atomic mass is 35.5. The number of rotatable bonds is 8. The van der Waals surface area contributed by atoms with Crippen LogP contribution in [0, 0.1) is 28.4 Å². The van der Waals surface area contributed by atoms with Crippen molar-refractivity contribution >= 4 is 35.0 Å². The van der Waals surface area contributed by atoms with Crippen molar-refractivity contribution in [3.05, 3.63) is 98.1 Å². The lowest BCUT2D eigenvalue weighted by atomic mass is 10.1. The van der Waals surface area contributed by atoms with Gasteiger partial charge in [-0.25, -0.2) is 0 Å². The van der Waals surface area contributed by atoms with Crippen molar-refractivity contribution in [3.8, 4) is 17.6 Å². The van der Waals surface area contributed by atoms with E-state index in [1.807, 2.05) is 37.3 Å². The number of hydrogen-bond acceptors (Lipinski definition) is 6. The average molecular weight is 478 g/mol. The number of anilines is 1. The summed E-state index contributed by atoms with van der Waals surface area (Å²) in [7, 11) is 1.39. The molecule has 0 saturated heterocycles. The Morgan fingerprint density at radius 3 is 2.53 bits per heavy atom. The second-order valence-electron chi connectivity index (χ2n) is 7.18. The quantitative estimate of drug-likeness (QED) is 0.193. The van der Waals surface area contributed by atoms with Crippen LogP contribution >= 0.6 is 11.6 Å². The number of benzene rings is 3. The summed E-state index contributed by atoms with van der Waals surface area (Å²) in [6.45, 7) is 1.99.